The number of hydrogen-bond donors (Lipinski definition) is 2. The van der Waals surface area contributed by atoms with Crippen molar-refractivity contribution in [2.75, 3.05) is 34.5 Å². The smallest absolute Gasteiger partial charge is 0.326 e. The molecular formula is C26H32N2O7. The maximum atomic E-state index is 13.1. The normalized spacial score (nSPS) is 16.2. The van der Waals surface area contributed by atoms with E-state index in [0.717, 1.165) is 16.7 Å². The Bertz CT molecular complexity index is 1040. The van der Waals surface area contributed by atoms with Crippen LogP contribution in [0.4, 0.5) is 0 Å². The van der Waals surface area contributed by atoms with Gasteiger partial charge in [-0.15, -0.1) is 0 Å². The van der Waals surface area contributed by atoms with E-state index in [0.29, 0.717) is 37.6 Å². The minimum Gasteiger partial charge on any atom is -0.496 e. The summed E-state index contributed by atoms with van der Waals surface area (Å²) in [6.45, 7) is 2.91. The van der Waals surface area contributed by atoms with Crippen LogP contribution in [0.3, 0.4) is 0 Å². The Morgan fingerprint density at radius 3 is 2.17 bits per heavy atom. The zero-order chi connectivity index (χ0) is 25.4. The first-order chi connectivity index (χ1) is 16.8. The van der Waals surface area contributed by atoms with Crippen molar-refractivity contribution in [1.82, 2.24) is 5.32 Å². The molecule has 2 N–H and O–H groups in total. The van der Waals surface area contributed by atoms with Crippen molar-refractivity contribution in [2.45, 2.75) is 32.2 Å². The first kappa shape index (κ1) is 26.0. The van der Waals surface area contributed by atoms with Crippen molar-refractivity contribution in [1.29, 1.82) is 0 Å². The van der Waals surface area contributed by atoms with Crippen LogP contribution in [0.1, 0.15) is 25.3 Å². The number of methoxy groups -OCH3 is 2. The maximum Gasteiger partial charge on any atom is 0.326 e. The molecule has 0 spiro atoms. The molecule has 0 saturated carbocycles. The van der Waals surface area contributed by atoms with Gasteiger partial charge in [-0.1, -0.05) is 42.4 Å². The second kappa shape index (κ2) is 11.7. The molecule has 0 radical (unpaired) electrons. The van der Waals surface area contributed by atoms with Gasteiger partial charge in [0.05, 0.1) is 19.8 Å². The minimum atomic E-state index is -1.14. The minimum absolute atomic E-state index is 0.102. The monoisotopic (exact) mass is 484 g/mol. The first-order valence-corrected chi connectivity index (χ1v) is 11.4. The van der Waals surface area contributed by atoms with Crippen LogP contribution in [0.5, 0.6) is 11.5 Å². The number of carboxylic acids is 1. The summed E-state index contributed by atoms with van der Waals surface area (Å²) in [5, 5.41) is 16.4. The highest BCUT2D eigenvalue weighted by atomic mass is 16.6. The second-order valence-corrected chi connectivity index (χ2v) is 8.60. The first-order valence-electron chi connectivity index (χ1n) is 11.4. The van der Waals surface area contributed by atoms with Crippen molar-refractivity contribution in [3.05, 3.63) is 48.0 Å². The molecule has 0 aliphatic carbocycles. The van der Waals surface area contributed by atoms with Gasteiger partial charge in [-0.05, 0) is 36.1 Å². The van der Waals surface area contributed by atoms with Crippen molar-refractivity contribution in [3.63, 3.8) is 0 Å². The lowest BCUT2D eigenvalue weighted by molar-refractivity contribution is -0.141. The molecule has 0 bridgehead atoms. The number of ether oxygens (including phenoxy) is 3. The number of aliphatic carboxylic acids is 1. The van der Waals surface area contributed by atoms with Crippen LogP contribution >= 0.6 is 0 Å². The van der Waals surface area contributed by atoms with E-state index >= 15 is 0 Å². The Morgan fingerprint density at radius 2 is 1.66 bits per heavy atom. The largest absolute Gasteiger partial charge is 0.496 e. The van der Waals surface area contributed by atoms with E-state index in [4.69, 9.17) is 19.0 Å². The van der Waals surface area contributed by atoms with E-state index in [9.17, 15) is 14.7 Å². The van der Waals surface area contributed by atoms with E-state index in [2.05, 4.69) is 10.5 Å². The van der Waals surface area contributed by atoms with Crippen molar-refractivity contribution < 1.29 is 33.7 Å². The number of nitrogens with one attached hydrogen (secondary N) is 1. The van der Waals surface area contributed by atoms with Gasteiger partial charge in [-0.25, -0.2) is 4.79 Å². The van der Waals surface area contributed by atoms with Gasteiger partial charge < -0.3 is 29.5 Å². The van der Waals surface area contributed by atoms with Gasteiger partial charge in [-0.2, -0.15) is 0 Å². The Morgan fingerprint density at radius 1 is 1.06 bits per heavy atom. The summed E-state index contributed by atoms with van der Waals surface area (Å²) in [6, 6.07) is 11.8. The summed E-state index contributed by atoms with van der Waals surface area (Å²) in [4.78, 5) is 30.0. The van der Waals surface area contributed by atoms with Crippen LogP contribution in [-0.2, 0) is 25.6 Å². The highest BCUT2D eigenvalue weighted by Gasteiger charge is 2.39. The summed E-state index contributed by atoms with van der Waals surface area (Å²) < 4.78 is 16.4. The molecule has 2 aromatic rings. The van der Waals surface area contributed by atoms with Crippen molar-refractivity contribution in [2.24, 2.45) is 10.6 Å². The molecule has 188 valence electrons. The van der Waals surface area contributed by atoms with E-state index in [-0.39, 0.29) is 12.1 Å². The predicted octanol–water partition coefficient (Wildman–Crippen LogP) is 3.30. The fraction of sp³-hybridized carbons (Fsp3) is 0.423. The highest BCUT2D eigenvalue weighted by Crippen LogP contribution is 2.38. The van der Waals surface area contributed by atoms with Gasteiger partial charge >= 0.3 is 5.97 Å². The summed E-state index contributed by atoms with van der Waals surface area (Å²) in [7, 11) is 4.55. The van der Waals surface area contributed by atoms with Crippen LogP contribution < -0.4 is 14.8 Å². The molecule has 1 atom stereocenters. The maximum absolute atomic E-state index is 13.1. The number of amides is 1. The van der Waals surface area contributed by atoms with Crippen molar-refractivity contribution in [3.8, 4) is 22.6 Å². The van der Waals surface area contributed by atoms with E-state index in [1.54, 1.807) is 14.2 Å². The Hall–Kier alpha value is -3.59. The average molecular weight is 485 g/mol. The molecule has 1 amide bonds. The average Bonchev–Trinajstić information content (AvgIpc) is 2.87. The zero-order valence-electron chi connectivity index (χ0n) is 20.5. The summed E-state index contributed by atoms with van der Waals surface area (Å²) in [5.41, 5.74) is 2.03. The zero-order valence-corrected chi connectivity index (χ0v) is 20.5. The molecule has 0 unspecified atom stereocenters. The number of carbonyl (C=O) groups excluding carboxylic acids is 1. The molecule has 9 heteroatoms. The van der Waals surface area contributed by atoms with Gasteiger partial charge in [0.2, 0.25) is 0 Å². The molecular weight excluding hydrogens is 452 g/mol. The van der Waals surface area contributed by atoms with Gasteiger partial charge in [0.1, 0.15) is 24.7 Å². The lowest BCUT2D eigenvalue weighted by Gasteiger charge is -2.33. The third kappa shape index (κ3) is 6.10. The summed E-state index contributed by atoms with van der Waals surface area (Å²) >= 11 is 0. The van der Waals surface area contributed by atoms with Crippen LogP contribution in [0, 0.1) is 5.41 Å². The third-order valence-corrected chi connectivity index (χ3v) is 6.28. The number of carbonyl (C=O) groups is 2. The third-order valence-electron chi connectivity index (χ3n) is 6.28. The molecule has 9 nitrogen and oxygen atoms in total. The molecule has 1 aliphatic heterocycles. The lowest BCUT2D eigenvalue weighted by atomic mass is 9.77. The number of nitrogens with zero attached hydrogens (tertiary/aromatic N) is 1. The fourth-order valence-electron chi connectivity index (χ4n) is 4.18. The van der Waals surface area contributed by atoms with E-state index in [1.807, 2.05) is 49.4 Å². The Kier molecular flexibility index (Phi) is 8.70. The Balaban J connectivity index is 1.78. The van der Waals surface area contributed by atoms with Crippen LogP contribution in [0.25, 0.3) is 11.1 Å². The second-order valence-electron chi connectivity index (χ2n) is 8.60. The molecule has 2 aromatic carbocycles. The molecule has 1 saturated heterocycles. The van der Waals surface area contributed by atoms with Crippen LogP contribution in [0.2, 0.25) is 0 Å². The number of hydrogen-bond acceptors (Lipinski definition) is 7. The number of oxime groups is 1. The molecule has 35 heavy (non-hydrogen) atoms. The lowest BCUT2D eigenvalue weighted by Crippen LogP contribution is -2.50. The molecule has 0 aromatic heterocycles. The predicted molar refractivity (Wildman–Crippen MR) is 131 cm³/mol. The van der Waals surface area contributed by atoms with Gasteiger partial charge in [0.15, 0.2) is 5.71 Å². The van der Waals surface area contributed by atoms with E-state index in [1.165, 1.54) is 7.11 Å². The summed E-state index contributed by atoms with van der Waals surface area (Å²) in [6.07, 6.45) is 1.28. The highest BCUT2D eigenvalue weighted by molar-refractivity contribution is 6.41. The van der Waals surface area contributed by atoms with Gasteiger partial charge in [0, 0.05) is 25.0 Å². The van der Waals surface area contributed by atoms with Gasteiger partial charge in [0.25, 0.3) is 5.91 Å². The summed E-state index contributed by atoms with van der Waals surface area (Å²) in [5.74, 6) is -0.361. The topological polar surface area (TPSA) is 116 Å². The number of carboxylic acid groups (broad SMARTS) is 1. The standard InChI is InChI=1S/C26H32N2O7/c1-26(12-14-35-15-13-26)23(28-34-4)24(29)27-19(25(30)31)16-17-8-10-18(11-9-17)22-20(32-2)6-5-7-21(22)33-3/h5-11,19H,12-16H2,1-4H3,(H,27,29)(H,30,31)/t19-/m0/s1. The van der Waals surface area contributed by atoms with Gasteiger partial charge in [-0.3, -0.25) is 4.79 Å². The molecule has 1 aliphatic rings. The SMILES string of the molecule is CON=C(C(=O)N[C@@H](Cc1ccc(-c2c(OC)cccc2OC)cc1)C(=O)O)C1(C)CCOCC1. The Labute approximate surface area is 205 Å². The van der Waals surface area contributed by atoms with Crippen LogP contribution in [0.15, 0.2) is 47.6 Å². The molecule has 1 heterocycles. The fourth-order valence-corrected chi connectivity index (χ4v) is 4.18. The number of rotatable bonds is 10. The van der Waals surface area contributed by atoms with E-state index < -0.39 is 23.3 Å². The molecule has 1 fully saturated rings. The van der Waals surface area contributed by atoms with Crippen molar-refractivity contribution >= 4 is 17.6 Å². The molecule has 3 rings (SSSR count). The van der Waals surface area contributed by atoms with Crippen LogP contribution in [-0.4, -0.2) is 63.3 Å². The number of benzene rings is 2. The quantitative estimate of drug-likeness (QED) is 0.393.